The van der Waals surface area contributed by atoms with Crippen molar-refractivity contribution in [3.8, 4) is 0 Å². The Kier molecular flexibility index (Phi) is 18.1. The predicted octanol–water partition coefficient (Wildman–Crippen LogP) is 8.57. The molecule has 0 amide bonds. The van der Waals surface area contributed by atoms with Crippen molar-refractivity contribution >= 4 is 0 Å². The fourth-order valence-corrected chi connectivity index (χ4v) is 0.247. The van der Waals surface area contributed by atoms with Crippen LogP contribution >= 0.6 is 0 Å². The predicted molar refractivity (Wildman–Crippen MR) is 56.7 cm³/mol. The molecule has 0 atom stereocenters. The van der Waals surface area contributed by atoms with Crippen molar-refractivity contribution in [2.24, 2.45) is 0 Å². The monoisotopic (exact) mass is 480 g/mol. The Morgan fingerprint density at radius 2 is 0.793 bits per heavy atom. The molecule has 0 spiro atoms. The van der Waals surface area contributed by atoms with Crippen molar-refractivity contribution < 1.29 is 83.8 Å². The largest absolute Gasteiger partial charge is 0.574 e. The Labute approximate surface area is 146 Å². The molecule has 0 unspecified atom stereocenters. The zero-order valence-electron chi connectivity index (χ0n) is 12.4. The summed E-state index contributed by atoms with van der Waals surface area (Å²) in [5.74, 6) is -3.33. The SMILES string of the molecule is C=C(F)F.FC(F)=C(F)C(F)(F)F.FC(F)=C(F)F.FC(F)=C(F)OC(F)(F)F. The topological polar surface area (TPSA) is 9.23 Å². The summed E-state index contributed by atoms with van der Waals surface area (Å²) in [5, 5.41) is 0. The summed E-state index contributed by atoms with van der Waals surface area (Å²) in [4.78, 5) is 0. The third-order valence-corrected chi connectivity index (χ3v) is 0.912. The van der Waals surface area contributed by atoms with E-state index in [4.69, 9.17) is 0 Å². The zero-order chi connectivity index (χ0) is 24.7. The van der Waals surface area contributed by atoms with Crippen LogP contribution < -0.4 is 0 Å². The molecule has 0 radical (unpaired) electrons. The van der Waals surface area contributed by atoms with Crippen LogP contribution in [0.2, 0.25) is 0 Å². The summed E-state index contributed by atoms with van der Waals surface area (Å²) >= 11 is 0. The molecule has 0 bridgehead atoms. The number of hydrogen-bond donors (Lipinski definition) is 0. The number of hydrogen-bond acceptors (Lipinski definition) is 1. The summed E-state index contributed by atoms with van der Waals surface area (Å²) in [6, 6.07) is -2.92. The van der Waals surface area contributed by atoms with Gasteiger partial charge < -0.3 is 4.74 Å². The molecule has 0 saturated heterocycles. The zero-order valence-corrected chi connectivity index (χ0v) is 12.4. The van der Waals surface area contributed by atoms with Crippen molar-refractivity contribution in [1.29, 1.82) is 0 Å². The third kappa shape index (κ3) is 33.5. The van der Waals surface area contributed by atoms with E-state index < -0.39 is 54.8 Å². The van der Waals surface area contributed by atoms with E-state index in [1.165, 1.54) is 0 Å². The van der Waals surface area contributed by atoms with Gasteiger partial charge in [0.25, 0.3) is 11.9 Å². The van der Waals surface area contributed by atoms with E-state index in [0.29, 0.717) is 0 Å². The van der Waals surface area contributed by atoms with Gasteiger partial charge in [0.05, 0.1) is 0 Å². The standard InChI is InChI=1S/C3F6O.C3F6.C2F4.C2H2F2/c4-1(5)2(6)10-3(7,8)9;4-1(2(5)6)3(7,8)9;3-1(4)2(5)6;1-2(3)4/h;;;1H2. The molecule has 0 aliphatic carbocycles. The van der Waals surface area contributed by atoms with Gasteiger partial charge in [-0.05, 0) is 6.58 Å². The Hall–Kier alpha value is -2.50. The van der Waals surface area contributed by atoms with Gasteiger partial charge in [0.15, 0.2) is 0 Å². The first-order valence-corrected chi connectivity index (χ1v) is 5.16. The van der Waals surface area contributed by atoms with Crippen LogP contribution in [0.1, 0.15) is 0 Å². The van der Waals surface area contributed by atoms with Crippen molar-refractivity contribution in [1.82, 2.24) is 0 Å². The van der Waals surface area contributed by atoms with Crippen LogP contribution in [0.4, 0.5) is 79.0 Å². The highest BCUT2D eigenvalue weighted by atomic mass is 19.4. The van der Waals surface area contributed by atoms with Crippen molar-refractivity contribution in [3.05, 3.63) is 48.8 Å². The lowest BCUT2D eigenvalue weighted by Gasteiger charge is -2.03. The van der Waals surface area contributed by atoms with Crippen molar-refractivity contribution in [2.75, 3.05) is 0 Å². The molecule has 0 aliphatic heterocycles. The van der Waals surface area contributed by atoms with E-state index in [0.717, 1.165) is 0 Å². The Balaban J connectivity index is -0.000000151. The Bertz CT molecular complexity index is 548. The molecule has 29 heavy (non-hydrogen) atoms. The van der Waals surface area contributed by atoms with Crippen LogP contribution in [0, 0.1) is 0 Å². The summed E-state index contributed by atoms with van der Waals surface area (Å²) < 4.78 is 194. The van der Waals surface area contributed by atoms with E-state index in [1.54, 1.807) is 0 Å². The van der Waals surface area contributed by atoms with Gasteiger partial charge in [-0.3, -0.25) is 0 Å². The summed E-state index contributed by atoms with van der Waals surface area (Å²) in [7, 11) is 0. The summed E-state index contributed by atoms with van der Waals surface area (Å²) in [6.45, 7) is 2.22. The van der Waals surface area contributed by atoms with Crippen molar-refractivity contribution in [2.45, 2.75) is 12.5 Å². The first-order chi connectivity index (χ1) is 12.6. The average molecular weight is 480 g/mol. The molecular weight excluding hydrogens is 478 g/mol. The lowest BCUT2D eigenvalue weighted by molar-refractivity contribution is -0.315. The number of halogens is 18. The molecule has 174 valence electrons. The maximum absolute atomic E-state index is 11.2. The lowest BCUT2D eigenvalue weighted by Crippen LogP contribution is -2.11. The third-order valence-electron chi connectivity index (χ3n) is 0.912. The molecule has 0 aromatic rings. The van der Waals surface area contributed by atoms with Gasteiger partial charge in [-0.25, -0.2) is 0 Å². The van der Waals surface area contributed by atoms with Gasteiger partial charge in [0.1, 0.15) is 0 Å². The molecule has 0 N–H and O–H groups in total. The molecule has 0 rings (SSSR count). The molecule has 0 saturated carbocycles. The normalized spacial score (nSPS) is 9.86. The van der Waals surface area contributed by atoms with Gasteiger partial charge in [-0.2, -0.15) is 65.9 Å². The van der Waals surface area contributed by atoms with E-state index in [1.807, 2.05) is 0 Å². The fraction of sp³-hybridized carbons (Fsp3) is 0.200. The lowest BCUT2D eigenvalue weighted by atomic mass is 10.6. The maximum atomic E-state index is 11.2. The van der Waals surface area contributed by atoms with Gasteiger partial charge in [-0.1, -0.05) is 0 Å². The van der Waals surface area contributed by atoms with E-state index in [9.17, 15) is 79.0 Å². The van der Waals surface area contributed by atoms with Crippen LogP contribution in [0.15, 0.2) is 48.8 Å². The van der Waals surface area contributed by atoms with Crippen LogP contribution in [-0.2, 0) is 4.74 Å². The number of allylic oxidation sites excluding steroid dienone is 1. The second kappa shape index (κ2) is 15.4. The number of rotatable bonds is 1. The first-order valence-electron chi connectivity index (χ1n) is 5.16. The fourth-order valence-electron chi connectivity index (χ4n) is 0.247. The first kappa shape index (κ1) is 34.0. The van der Waals surface area contributed by atoms with Gasteiger partial charge in [0.2, 0.25) is 0 Å². The molecule has 0 heterocycles. The molecule has 1 nitrogen and oxygen atoms in total. The molecule has 0 fully saturated rings. The van der Waals surface area contributed by atoms with Crippen LogP contribution in [0.25, 0.3) is 0 Å². The second-order valence-corrected chi connectivity index (χ2v) is 3.01. The average Bonchev–Trinajstić information content (AvgIpc) is 2.44. The molecule has 0 aromatic carbocycles. The van der Waals surface area contributed by atoms with Crippen molar-refractivity contribution in [3.63, 3.8) is 0 Å². The molecule has 19 heteroatoms. The van der Waals surface area contributed by atoms with Crippen LogP contribution in [0.3, 0.4) is 0 Å². The summed E-state index contributed by atoms with van der Waals surface area (Å²) in [6.07, 6.45) is -25.1. The highest BCUT2D eigenvalue weighted by Crippen LogP contribution is 2.29. The minimum Gasteiger partial charge on any atom is -0.374 e. The van der Waals surface area contributed by atoms with Gasteiger partial charge >= 0.3 is 42.9 Å². The van der Waals surface area contributed by atoms with Gasteiger partial charge in [0, 0.05) is 0 Å². The van der Waals surface area contributed by atoms with Crippen LogP contribution in [0.5, 0.6) is 0 Å². The number of ether oxygens (including phenoxy) is 1. The van der Waals surface area contributed by atoms with E-state index in [-0.39, 0.29) is 0 Å². The minimum absolute atomic E-state index is 1.83. The Morgan fingerprint density at radius 3 is 0.828 bits per heavy atom. The highest BCUT2D eigenvalue weighted by molar-refractivity contribution is 4.98. The highest BCUT2D eigenvalue weighted by Gasteiger charge is 2.38. The van der Waals surface area contributed by atoms with Crippen LogP contribution in [-0.4, -0.2) is 12.5 Å². The van der Waals surface area contributed by atoms with Gasteiger partial charge in [-0.15, -0.1) is 13.2 Å². The molecule has 0 aromatic heterocycles. The minimum atomic E-state index is -5.56. The molecular formula is C10H2F18O. The second-order valence-electron chi connectivity index (χ2n) is 3.01. The maximum Gasteiger partial charge on any atom is 0.574 e. The number of alkyl halides is 6. The van der Waals surface area contributed by atoms with E-state index >= 15 is 0 Å². The summed E-state index contributed by atoms with van der Waals surface area (Å²) in [5.41, 5.74) is 0. The van der Waals surface area contributed by atoms with E-state index in [2.05, 4.69) is 11.3 Å². The quantitative estimate of drug-likeness (QED) is 0.270. The Morgan fingerprint density at radius 1 is 0.517 bits per heavy atom. The smallest absolute Gasteiger partial charge is 0.374 e. The molecule has 0 aliphatic rings.